The molecular formula is C21H30N6O3. The first-order valence-electron chi connectivity index (χ1n) is 10.8. The fourth-order valence-electron chi connectivity index (χ4n) is 4.10. The van der Waals surface area contributed by atoms with E-state index in [-0.39, 0.29) is 17.7 Å². The van der Waals surface area contributed by atoms with Crippen LogP contribution in [0.2, 0.25) is 0 Å². The largest absolute Gasteiger partial charge is 0.379 e. The number of carbonyl (C=O) groups is 2. The zero-order valence-corrected chi connectivity index (χ0v) is 17.3. The number of hydrogen-bond donors (Lipinski definition) is 1. The fraction of sp³-hybridized carbons (Fsp3) is 0.619. The van der Waals surface area contributed by atoms with Crippen LogP contribution in [0.25, 0.3) is 11.0 Å². The molecule has 0 spiro atoms. The van der Waals surface area contributed by atoms with E-state index < -0.39 is 0 Å². The third-order valence-corrected chi connectivity index (χ3v) is 5.93. The Morgan fingerprint density at radius 3 is 2.87 bits per heavy atom. The number of piperidine rings is 1. The first-order chi connectivity index (χ1) is 14.7. The van der Waals surface area contributed by atoms with E-state index in [2.05, 4.69) is 20.5 Å². The summed E-state index contributed by atoms with van der Waals surface area (Å²) in [6.07, 6.45) is 1.87. The molecule has 30 heavy (non-hydrogen) atoms. The van der Waals surface area contributed by atoms with Gasteiger partial charge in [0.25, 0.3) is 0 Å². The van der Waals surface area contributed by atoms with E-state index in [0.29, 0.717) is 39.0 Å². The number of morpholine rings is 1. The normalized spacial score (nSPS) is 20.6. The maximum atomic E-state index is 12.6. The van der Waals surface area contributed by atoms with Gasteiger partial charge >= 0.3 is 0 Å². The predicted octanol–water partition coefficient (Wildman–Crippen LogP) is 0.508. The molecule has 0 bridgehead atoms. The van der Waals surface area contributed by atoms with Crippen LogP contribution in [-0.2, 0) is 20.9 Å². The Hall–Kier alpha value is -2.52. The number of carbonyl (C=O) groups excluding carboxylic acids is 2. The molecule has 2 saturated heterocycles. The van der Waals surface area contributed by atoms with Crippen molar-refractivity contribution in [1.29, 1.82) is 0 Å². The van der Waals surface area contributed by atoms with Crippen molar-refractivity contribution in [3.05, 3.63) is 24.3 Å². The van der Waals surface area contributed by atoms with Crippen molar-refractivity contribution in [2.24, 2.45) is 5.92 Å². The number of fused-ring (bicyclic) bond motifs is 1. The molecule has 4 rings (SSSR count). The Balaban J connectivity index is 1.19. The van der Waals surface area contributed by atoms with E-state index in [1.807, 2.05) is 33.8 Å². The quantitative estimate of drug-likeness (QED) is 0.633. The van der Waals surface area contributed by atoms with Gasteiger partial charge in [0, 0.05) is 52.2 Å². The number of rotatable bonds is 8. The average Bonchev–Trinajstić information content (AvgIpc) is 3.20. The van der Waals surface area contributed by atoms with Crippen molar-refractivity contribution in [3.63, 3.8) is 0 Å². The van der Waals surface area contributed by atoms with Gasteiger partial charge in [-0.1, -0.05) is 17.3 Å². The first kappa shape index (κ1) is 20.7. The van der Waals surface area contributed by atoms with E-state index >= 15 is 0 Å². The van der Waals surface area contributed by atoms with E-state index in [0.717, 1.165) is 50.3 Å². The van der Waals surface area contributed by atoms with Gasteiger partial charge in [-0.3, -0.25) is 14.5 Å². The Morgan fingerprint density at radius 1 is 1.17 bits per heavy atom. The van der Waals surface area contributed by atoms with Gasteiger partial charge in [-0.25, -0.2) is 4.68 Å². The molecule has 1 N–H and O–H groups in total. The van der Waals surface area contributed by atoms with Crippen molar-refractivity contribution in [2.45, 2.75) is 25.8 Å². The molecule has 2 amide bonds. The molecule has 2 aliphatic rings. The molecule has 9 heteroatoms. The van der Waals surface area contributed by atoms with Gasteiger partial charge in [0.2, 0.25) is 11.8 Å². The highest BCUT2D eigenvalue weighted by Crippen LogP contribution is 2.18. The fourth-order valence-corrected chi connectivity index (χ4v) is 4.10. The number of hydrogen-bond acceptors (Lipinski definition) is 6. The maximum absolute atomic E-state index is 12.6. The Kier molecular flexibility index (Phi) is 6.91. The van der Waals surface area contributed by atoms with E-state index in [1.54, 1.807) is 0 Å². The van der Waals surface area contributed by atoms with E-state index in [1.165, 1.54) is 0 Å². The summed E-state index contributed by atoms with van der Waals surface area (Å²) < 4.78 is 7.24. The zero-order chi connectivity index (χ0) is 20.8. The molecule has 1 unspecified atom stereocenters. The molecule has 1 aromatic carbocycles. The van der Waals surface area contributed by atoms with Crippen molar-refractivity contribution < 1.29 is 14.3 Å². The molecule has 2 aromatic rings. The summed E-state index contributed by atoms with van der Waals surface area (Å²) in [6.45, 7) is 6.66. The molecule has 0 radical (unpaired) electrons. The summed E-state index contributed by atoms with van der Waals surface area (Å²) in [5.41, 5.74) is 1.89. The molecule has 9 nitrogen and oxygen atoms in total. The van der Waals surface area contributed by atoms with Gasteiger partial charge in [0.15, 0.2) is 0 Å². The van der Waals surface area contributed by atoms with Gasteiger partial charge < -0.3 is 15.0 Å². The van der Waals surface area contributed by atoms with Crippen molar-refractivity contribution in [2.75, 3.05) is 52.5 Å². The minimum Gasteiger partial charge on any atom is -0.379 e. The van der Waals surface area contributed by atoms with Crippen LogP contribution in [0, 0.1) is 5.92 Å². The number of aromatic nitrogens is 3. The number of para-hydroxylation sites is 1. The van der Waals surface area contributed by atoms with Crippen LogP contribution >= 0.6 is 0 Å². The molecule has 162 valence electrons. The van der Waals surface area contributed by atoms with Crippen LogP contribution in [0.5, 0.6) is 0 Å². The van der Waals surface area contributed by atoms with Gasteiger partial charge in [0.05, 0.1) is 24.6 Å². The lowest BCUT2D eigenvalue weighted by Gasteiger charge is -2.34. The summed E-state index contributed by atoms with van der Waals surface area (Å²) in [7, 11) is 0. The average molecular weight is 415 g/mol. The molecule has 0 aliphatic carbocycles. The number of nitrogens with one attached hydrogen (secondary N) is 1. The summed E-state index contributed by atoms with van der Waals surface area (Å²) in [4.78, 5) is 29.1. The van der Waals surface area contributed by atoms with Gasteiger partial charge in [-0.2, -0.15) is 0 Å². The topological polar surface area (TPSA) is 92.6 Å². The van der Waals surface area contributed by atoms with E-state index in [4.69, 9.17) is 4.74 Å². The molecule has 2 fully saturated rings. The Morgan fingerprint density at radius 2 is 2.00 bits per heavy atom. The van der Waals surface area contributed by atoms with Gasteiger partial charge in [-0.05, 0) is 25.0 Å². The SMILES string of the molecule is O=C(NCCCn1nnc2ccccc21)C1CCC(=O)N(CCN2CCOCC2)C1. The summed E-state index contributed by atoms with van der Waals surface area (Å²) in [5.74, 6) is 0.0762. The number of nitrogens with zero attached hydrogens (tertiary/aromatic N) is 5. The lowest BCUT2D eigenvalue weighted by molar-refractivity contribution is -0.138. The van der Waals surface area contributed by atoms with Crippen LogP contribution in [0.15, 0.2) is 24.3 Å². The number of amides is 2. The third-order valence-electron chi connectivity index (χ3n) is 5.93. The molecule has 2 aliphatic heterocycles. The molecule has 1 aromatic heterocycles. The minimum atomic E-state index is -0.125. The molecule has 1 atom stereocenters. The number of aryl methyl sites for hydroxylation is 1. The van der Waals surface area contributed by atoms with Crippen LogP contribution in [0.1, 0.15) is 19.3 Å². The van der Waals surface area contributed by atoms with Crippen LogP contribution in [0.4, 0.5) is 0 Å². The Labute approximate surface area is 176 Å². The van der Waals surface area contributed by atoms with E-state index in [9.17, 15) is 9.59 Å². The Bertz CT molecular complexity index is 863. The lowest BCUT2D eigenvalue weighted by atomic mass is 9.96. The molecular weight excluding hydrogens is 384 g/mol. The van der Waals surface area contributed by atoms with Crippen LogP contribution in [0.3, 0.4) is 0 Å². The van der Waals surface area contributed by atoms with Gasteiger partial charge in [0.1, 0.15) is 5.52 Å². The highest BCUT2D eigenvalue weighted by Gasteiger charge is 2.30. The number of likely N-dealkylation sites (tertiary alicyclic amines) is 1. The highest BCUT2D eigenvalue weighted by molar-refractivity contribution is 5.83. The van der Waals surface area contributed by atoms with Crippen LogP contribution < -0.4 is 5.32 Å². The first-order valence-corrected chi connectivity index (χ1v) is 10.8. The summed E-state index contributed by atoms with van der Waals surface area (Å²) >= 11 is 0. The second-order valence-corrected chi connectivity index (χ2v) is 7.98. The second kappa shape index (κ2) is 9.99. The van der Waals surface area contributed by atoms with Crippen molar-refractivity contribution in [1.82, 2.24) is 30.1 Å². The minimum absolute atomic E-state index is 0.0438. The monoisotopic (exact) mass is 414 g/mol. The van der Waals surface area contributed by atoms with Crippen molar-refractivity contribution >= 4 is 22.8 Å². The van der Waals surface area contributed by atoms with Crippen molar-refractivity contribution in [3.8, 4) is 0 Å². The predicted molar refractivity (Wildman–Crippen MR) is 112 cm³/mol. The number of ether oxygens (including phenoxy) is 1. The molecule has 0 saturated carbocycles. The molecule has 3 heterocycles. The smallest absolute Gasteiger partial charge is 0.224 e. The lowest BCUT2D eigenvalue weighted by Crippen LogP contribution is -2.49. The standard InChI is InChI=1S/C21H30N6O3/c28-20-7-6-17(16-26(20)11-10-25-12-14-30-15-13-25)21(29)22-8-3-9-27-19-5-2-1-4-18(19)23-24-27/h1-2,4-5,17H,3,6-16H2,(H,22,29). The van der Waals surface area contributed by atoms with Gasteiger partial charge in [-0.15, -0.1) is 5.10 Å². The number of benzene rings is 1. The second-order valence-electron chi connectivity index (χ2n) is 7.98. The zero-order valence-electron chi connectivity index (χ0n) is 17.3. The summed E-state index contributed by atoms with van der Waals surface area (Å²) in [6, 6.07) is 7.86. The maximum Gasteiger partial charge on any atom is 0.224 e. The van der Waals surface area contributed by atoms with Crippen LogP contribution in [-0.4, -0.2) is 89.1 Å². The highest BCUT2D eigenvalue weighted by atomic mass is 16.5. The third kappa shape index (κ3) is 5.14. The summed E-state index contributed by atoms with van der Waals surface area (Å²) in [5, 5.41) is 11.4.